The van der Waals surface area contributed by atoms with Gasteiger partial charge in [-0.25, -0.2) is 9.78 Å². The van der Waals surface area contributed by atoms with E-state index in [-0.39, 0.29) is 12.0 Å². The molecule has 31 heavy (non-hydrogen) atoms. The Kier molecular flexibility index (Phi) is 5.76. The first-order chi connectivity index (χ1) is 14.9. The topological polar surface area (TPSA) is 130 Å². The number of nitrogens with zero attached hydrogens (tertiary/aromatic N) is 4. The van der Waals surface area contributed by atoms with Crippen molar-refractivity contribution in [1.29, 1.82) is 0 Å². The van der Waals surface area contributed by atoms with Gasteiger partial charge in [0.25, 0.3) is 0 Å². The number of rotatable bonds is 6. The molecule has 0 radical (unpaired) electrons. The van der Waals surface area contributed by atoms with E-state index in [2.05, 4.69) is 41.1 Å². The van der Waals surface area contributed by atoms with Crippen molar-refractivity contribution >= 4 is 39.7 Å². The van der Waals surface area contributed by atoms with Gasteiger partial charge in [-0.2, -0.15) is 10.1 Å². The maximum absolute atomic E-state index is 12.1. The zero-order valence-corrected chi connectivity index (χ0v) is 17.9. The monoisotopic (exact) mass is 436 g/mol. The van der Waals surface area contributed by atoms with Gasteiger partial charge in [0, 0.05) is 29.2 Å². The Balaban J connectivity index is 1.44. The highest BCUT2D eigenvalue weighted by Gasteiger charge is 2.10. The molecule has 0 aliphatic rings. The lowest BCUT2D eigenvalue weighted by Gasteiger charge is -2.11. The Hall–Kier alpha value is -3.99. The fourth-order valence-electron chi connectivity index (χ4n) is 2.76. The van der Waals surface area contributed by atoms with E-state index in [9.17, 15) is 4.79 Å². The number of thiazole rings is 1. The van der Waals surface area contributed by atoms with Crippen LogP contribution in [0.2, 0.25) is 0 Å². The molecule has 1 aromatic carbocycles. The maximum atomic E-state index is 12.1. The molecule has 0 saturated heterocycles. The summed E-state index contributed by atoms with van der Waals surface area (Å²) in [7, 11) is 0. The van der Waals surface area contributed by atoms with Crippen LogP contribution < -0.4 is 20.7 Å². The smallest absolute Gasteiger partial charge is 0.324 e. The highest BCUT2D eigenvalue weighted by molar-refractivity contribution is 7.14. The quantitative estimate of drug-likeness (QED) is 0.343. The van der Waals surface area contributed by atoms with Gasteiger partial charge in [0.15, 0.2) is 5.82 Å². The van der Waals surface area contributed by atoms with Gasteiger partial charge in [0.05, 0.1) is 11.7 Å². The number of hydrogen-bond donors (Lipinski definition) is 4. The highest BCUT2D eigenvalue weighted by Crippen LogP contribution is 2.27. The molecule has 0 bridgehead atoms. The van der Waals surface area contributed by atoms with Crippen LogP contribution in [-0.4, -0.2) is 31.2 Å². The molecule has 0 spiro atoms. The summed E-state index contributed by atoms with van der Waals surface area (Å²) >= 11 is 1.34. The average Bonchev–Trinajstić information content (AvgIpc) is 3.35. The van der Waals surface area contributed by atoms with Crippen LogP contribution in [0, 0.1) is 20.8 Å². The van der Waals surface area contributed by atoms with Gasteiger partial charge in [0.2, 0.25) is 0 Å². The summed E-state index contributed by atoms with van der Waals surface area (Å²) in [6.07, 6.45) is 1.59. The minimum atomic E-state index is -0.344. The second-order valence-electron chi connectivity index (χ2n) is 6.77. The number of H-pyrrole nitrogens is 1. The number of carbonyl (C=O) groups is 1. The third-order valence-electron chi connectivity index (χ3n) is 4.10. The summed E-state index contributed by atoms with van der Waals surface area (Å²) < 4.78 is 5.89. The lowest BCUT2D eigenvalue weighted by atomic mass is 10.2. The SMILES string of the molecule is Cc1cc(Nc2cc(C)[nH]n2)nc(Oc2ccc(NC(=O)Nc3cncs3)cc2C)n1. The lowest BCUT2D eigenvalue weighted by Crippen LogP contribution is -2.18. The first-order valence-corrected chi connectivity index (χ1v) is 10.2. The molecule has 4 N–H and O–H groups in total. The predicted octanol–water partition coefficient (Wildman–Crippen LogP) is 4.76. The molecule has 3 heterocycles. The third kappa shape index (κ3) is 5.34. The fraction of sp³-hybridized carbons (Fsp3) is 0.150. The number of aromatic nitrogens is 5. The van der Waals surface area contributed by atoms with E-state index in [1.54, 1.807) is 29.9 Å². The molecular formula is C20H20N8O2S. The number of carbonyl (C=O) groups excluding carboxylic acids is 1. The van der Waals surface area contributed by atoms with E-state index < -0.39 is 0 Å². The van der Waals surface area contributed by atoms with E-state index in [0.29, 0.717) is 28.1 Å². The number of benzene rings is 1. The molecule has 0 saturated carbocycles. The molecular weight excluding hydrogens is 416 g/mol. The molecule has 0 aliphatic heterocycles. The Bertz CT molecular complexity index is 1210. The Morgan fingerprint density at radius 1 is 1.06 bits per heavy atom. The van der Waals surface area contributed by atoms with E-state index >= 15 is 0 Å². The van der Waals surface area contributed by atoms with E-state index in [0.717, 1.165) is 17.0 Å². The number of anilines is 4. The Morgan fingerprint density at radius 3 is 2.65 bits per heavy atom. The molecule has 0 fully saturated rings. The number of hydrogen-bond acceptors (Lipinski definition) is 8. The number of amides is 2. The van der Waals surface area contributed by atoms with Gasteiger partial charge < -0.3 is 15.4 Å². The van der Waals surface area contributed by atoms with Gasteiger partial charge in [-0.05, 0) is 44.5 Å². The van der Waals surface area contributed by atoms with Crippen LogP contribution in [0.1, 0.15) is 17.0 Å². The van der Waals surface area contributed by atoms with Crippen LogP contribution >= 0.6 is 11.3 Å². The number of ether oxygens (including phenoxy) is 1. The zero-order chi connectivity index (χ0) is 21.8. The van der Waals surface area contributed by atoms with E-state index in [1.807, 2.05) is 32.9 Å². The number of nitrogens with one attached hydrogen (secondary N) is 4. The van der Waals surface area contributed by atoms with Crippen molar-refractivity contribution in [1.82, 2.24) is 25.1 Å². The second kappa shape index (κ2) is 8.79. The fourth-order valence-corrected chi connectivity index (χ4v) is 3.26. The standard InChI is InChI=1S/C20H20N8O2S/c1-11-6-14(23-19(29)26-18-9-21-10-31-18)4-5-15(11)30-20-22-12(2)7-16(25-20)24-17-8-13(3)27-28-17/h4-10H,1-3H3,(H2,23,26,29)(H2,22,24,25,27,28). The van der Waals surface area contributed by atoms with E-state index in [1.165, 1.54) is 11.3 Å². The van der Waals surface area contributed by atoms with Gasteiger partial charge in [0.1, 0.15) is 16.6 Å². The van der Waals surface area contributed by atoms with Crippen LogP contribution in [0.3, 0.4) is 0 Å². The molecule has 4 aromatic rings. The molecule has 158 valence electrons. The average molecular weight is 437 g/mol. The molecule has 4 rings (SSSR count). The summed E-state index contributed by atoms with van der Waals surface area (Å²) in [4.78, 5) is 24.8. The van der Waals surface area contributed by atoms with Crippen LogP contribution in [-0.2, 0) is 0 Å². The van der Waals surface area contributed by atoms with Crippen LogP contribution in [0.25, 0.3) is 0 Å². The summed E-state index contributed by atoms with van der Waals surface area (Å²) in [5.74, 6) is 1.81. The first kappa shape index (κ1) is 20.3. The molecule has 0 aliphatic carbocycles. The molecule has 11 heteroatoms. The van der Waals surface area contributed by atoms with Crippen LogP contribution in [0.5, 0.6) is 11.8 Å². The lowest BCUT2D eigenvalue weighted by molar-refractivity contribution is 0.262. The predicted molar refractivity (Wildman–Crippen MR) is 119 cm³/mol. The summed E-state index contributed by atoms with van der Waals surface area (Å²) in [6.45, 7) is 5.66. The second-order valence-corrected chi connectivity index (χ2v) is 7.65. The van der Waals surface area contributed by atoms with Crippen molar-refractivity contribution in [3.63, 3.8) is 0 Å². The van der Waals surface area contributed by atoms with Crippen molar-refractivity contribution in [2.75, 3.05) is 16.0 Å². The van der Waals surface area contributed by atoms with Gasteiger partial charge >= 0.3 is 12.0 Å². The summed E-state index contributed by atoms with van der Waals surface area (Å²) in [5, 5.41) is 16.3. The molecule has 10 nitrogen and oxygen atoms in total. The summed E-state index contributed by atoms with van der Waals surface area (Å²) in [6, 6.07) is 8.86. The van der Waals surface area contributed by atoms with Crippen molar-refractivity contribution in [2.24, 2.45) is 0 Å². The highest BCUT2D eigenvalue weighted by atomic mass is 32.1. The van der Waals surface area contributed by atoms with Gasteiger partial charge in [-0.15, -0.1) is 11.3 Å². The van der Waals surface area contributed by atoms with Crippen LogP contribution in [0.15, 0.2) is 42.0 Å². The third-order valence-corrected chi connectivity index (χ3v) is 4.79. The van der Waals surface area contributed by atoms with Crippen molar-refractivity contribution in [3.8, 4) is 11.8 Å². The molecule has 2 amide bonds. The maximum Gasteiger partial charge on any atom is 0.324 e. The normalized spacial score (nSPS) is 10.5. The van der Waals surface area contributed by atoms with Crippen molar-refractivity contribution in [3.05, 3.63) is 59.0 Å². The Morgan fingerprint density at radius 2 is 1.94 bits per heavy atom. The van der Waals surface area contributed by atoms with Gasteiger partial charge in [-0.3, -0.25) is 15.4 Å². The van der Waals surface area contributed by atoms with E-state index in [4.69, 9.17) is 4.74 Å². The number of urea groups is 1. The van der Waals surface area contributed by atoms with Crippen molar-refractivity contribution in [2.45, 2.75) is 20.8 Å². The zero-order valence-electron chi connectivity index (χ0n) is 17.1. The number of aromatic amines is 1. The van der Waals surface area contributed by atoms with Crippen LogP contribution in [0.4, 0.5) is 27.1 Å². The largest absolute Gasteiger partial charge is 0.424 e. The number of aryl methyl sites for hydroxylation is 3. The Labute approximate surface area is 182 Å². The summed E-state index contributed by atoms with van der Waals surface area (Å²) in [5.41, 5.74) is 4.78. The minimum Gasteiger partial charge on any atom is -0.424 e. The molecule has 3 aromatic heterocycles. The molecule has 0 atom stereocenters. The van der Waals surface area contributed by atoms with Crippen molar-refractivity contribution < 1.29 is 9.53 Å². The molecule has 0 unspecified atom stereocenters. The minimum absolute atomic E-state index is 0.210. The first-order valence-electron chi connectivity index (χ1n) is 9.34. The van der Waals surface area contributed by atoms with Gasteiger partial charge in [-0.1, -0.05) is 0 Å².